The van der Waals surface area contributed by atoms with Crippen molar-refractivity contribution in [2.75, 3.05) is 31.1 Å². The average Bonchev–Trinajstić information content (AvgIpc) is 2.87. The number of rotatable bonds is 3. The Hall–Kier alpha value is -2.67. The second-order valence-corrected chi connectivity index (χ2v) is 6.14. The van der Waals surface area contributed by atoms with Crippen LogP contribution in [0.3, 0.4) is 0 Å². The van der Waals surface area contributed by atoms with E-state index in [9.17, 15) is 9.59 Å². The van der Waals surface area contributed by atoms with E-state index in [0.717, 1.165) is 13.0 Å². The van der Waals surface area contributed by atoms with Crippen LogP contribution < -0.4 is 4.90 Å². The highest BCUT2D eigenvalue weighted by Gasteiger charge is 2.21. The molecule has 0 aliphatic carbocycles. The van der Waals surface area contributed by atoms with Crippen LogP contribution in [0.15, 0.2) is 36.7 Å². The van der Waals surface area contributed by atoms with E-state index in [1.54, 1.807) is 29.2 Å². The van der Waals surface area contributed by atoms with Gasteiger partial charge in [-0.25, -0.2) is 14.8 Å². The van der Waals surface area contributed by atoms with Crippen molar-refractivity contribution in [3.8, 4) is 0 Å². The number of aromatic nitrogens is 2. The van der Waals surface area contributed by atoms with Gasteiger partial charge in [0, 0.05) is 36.8 Å². The van der Waals surface area contributed by atoms with Crippen molar-refractivity contribution in [2.45, 2.75) is 6.42 Å². The lowest BCUT2D eigenvalue weighted by Crippen LogP contribution is -2.35. The Labute approximate surface area is 149 Å². The molecule has 3 rings (SSSR count). The number of carbonyl (C=O) groups excluding carboxylic acids is 1. The van der Waals surface area contributed by atoms with Gasteiger partial charge in [0.05, 0.1) is 12.4 Å². The van der Waals surface area contributed by atoms with Crippen LogP contribution in [0.4, 0.5) is 5.82 Å². The summed E-state index contributed by atoms with van der Waals surface area (Å²) in [5.74, 6) is -0.535. The molecule has 0 saturated carbocycles. The topological polar surface area (TPSA) is 86.6 Å². The van der Waals surface area contributed by atoms with Gasteiger partial charge in [0.15, 0.2) is 5.69 Å². The molecule has 0 spiro atoms. The van der Waals surface area contributed by atoms with E-state index < -0.39 is 5.97 Å². The van der Waals surface area contributed by atoms with Crippen molar-refractivity contribution in [1.82, 2.24) is 14.9 Å². The van der Waals surface area contributed by atoms with E-state index in [1.807, 2.05) is 4.90 Å². The Morgan fingerprint density at radius 1 is 1.08 bits per heavy atom. The smallest absolute Gasteiger partial charge is 0.356 e. The molecule has 1 aliphatic heterocycles. The summed E-state index contributed by atoms with van der Waals surface area (Å²) in [6.45, 7) is 2.52. The predicted octanol–water partition coefficient (Wildman–Crippen LogP) is 2.18. The molecule has 2 aromatic rings. The van der Waals surface area contributed by atoms with Crippen LogP contribution in [0.25, 0.3) is 0 Å². The standard InChI is InChI=1S/C17H17ClN4O3/c18-13-4-1-3-12(9-13)16(23)22-6-2-5-21(7-8-22)15-11-19-14(10-20-15)17(24)25/h1,3-4,9-11H,2,5-8H2,(H,24,25). The number of carboxylic acids is 1. The molecule has 1 fully saturated rings. The lowest BCUT2D eigenvalue weighted by Gasteiger charge is -2.22. The van der Waals surface area contributed by atoms with Gasteiger partial charge in [-0.05, 0) is 24.6 Å². The fourth-order valence-corrected chi connectivity index (χ4v) is 2.94. The molecule has 0 atom stereocenters. The van der Waals surface area contributed by atoms with Crippen molar-refractivity contribution >= 4 is 29.3 Å². The SMILES string of the molecule is O=C(O)c1cnc(N2CCCN(C(=O)c3cccc(Cl)c3)CC2)cn1. The van der Waals surface area contributed by atoms with Crippen LogP contribution >= 0.6 is 11.6 Å². The van der Waals surface area contributed by atoms with Gasteiger partial charge < -0.3 is 14.9 Å². The molecule has 0 bridgehead atoms. The molecule has 25 heavy (non-hydrogen) atoms. The fourth-order valence-electron chi connectivity index (χ4n) is 2.75. The maximum Gasteiger partial charge on any atom is 0.356 e. The number of aromatic carboxylic acids is 1. The number of nitrogens with zero attached hydrogens (tertiary/aromatic N) is 4. The summed E-state index contributed by atoms with van der Waals surface area (Å²) < 4.78 is 0. The molecule has 1 amide bonds. The molecule has 8 heteroatoms. The second-order valence-electron chi connectivity index (χ2n) is 5.71. The quantitative estimate of drug-likeness (QED) is 0.902. The van der Waals surface area contributed by atoms with Crippen molar-refractivity contribution in [2.24, 2.45) is 0 Å². The summed E-state index contributed by atoms with van der Waals surface area (Å²) in [7, 11) is 0. The molecule has 1 N–H and O–H groups in total. The van der Waals surface area contributed by atoms with Crippen molar-refractivity contribution in [3.05, 3.63) is 52.9 Å². The third kappa shape index (κ3) is 4.06. The Kier molecular flexibility index (Phi) is 5.14. The third-order valence-corrected chi connectivity index (χ3v) is 4.27. The van der Waals surface area contributed by atoms with Crippen LogP contribution in [0.5, 0.6) is 0 Å². The number of halogens is 1. The molecule has 0 unspecified atom stereocenters. The molecular weight excluding hydrogens is 344 g/mol. The minimum absolute atomic E-state index is 0.0448. The Morgan fingerprint density at radius 3 is 2.60 bits per heavy atom. The normalized spacial score (nSPS) is 14.9. The summed E-state index contributed by atoms with van der Waals surface area (Å²) in [6.07, 6.45) is 3.49. The van der Waals surface area contributed by atoms with Crippen molar-refractivity contribution in [1.29, 1.82) is 0 Å². The molecule has 0 radical (unpaired) electrons. The summed E-state index contributed by atoms with van der Waals surface area (Å²) in [4.78, 5) is 35.3. The van der Waals surface area contributed by atoms with Crippen LogP contribution in [0, 0.1) is 0 Å². The zero-order valence-corrected chi connectivity index (χ0v) is 14.2. The minimum atomic E-state index is -1.10. The van der Waals surface area contributed by atoms with Crippen molar-refractivity contribution < 1.29 is 14.7 Å². The van der Waals surface area contributed by atoms with E-state index in [1.165, 1.54) is 12.4 Å². The molecule has 130 valence electrons. The molecule has 1 aromatic carbocycles. The van der Waals surface area contributed by atoms with E-state index in [4.69, 9.17) is 16.7 Å². The Morgan fingerprint density at radius 2 is 1.92 bits per heavy atom. The molecule has 1 aliphatic rings. The zero-order valence-electron chi connectivity index (χ0n) is 13.4. The van der Waals surface area contributed by atoms with Crippen molar-refractivity contribution in [3.63, 3.8) is 0 Å². The van der Waals surface area contributed by atoms with Gasteiger partial charge in [-0.15, -0.1) is 0 Å². The number of amides is 1. The van der Waals surface area contributed by atoms with E-state index >= 15 is 0 Å². The number of hydrogen-bond donors (Lipinski definition) is 1. The van der Waals surface area contributed by atoms with Crippen LogP contribution in [0.2, 0.25) is 5.02 Å². The predicted molar refractivity (Wildman–Crippen MR) is 93.2 cm³/mol. The van der Waals surface area contributed by atoms with Crippen LogP contribution in [0.1, 0.15) is 27.3 Å². The first-order valence-electron chi connectivity index (χ1n) is 7.90. The number of carboxylic acid groups (broad SMARTS) is 1. The van der Waals surface area contributed by atoms with Gasteiger partial charge in [-0.3, -0.25) is 4.79 Å². The highest BCUT2D eigenvalue weighted by atomic mass is 35.5. The summed E-state index contributed by atoms with van der Waals surface area (Å²) in [6, 6.07) is 6.93. The molecule has 1 aromatic heterocycles. The van der Waals surface area contributed by atoms with Crippen LogP contribution in [-0.4, -0.2) is 58.0 Å². The number of hydrogen-bond acceptors (Lipinski definition) is 5. The summed E-state index contributed by atoms with van der Waals surface area (Å²) >= 11 is 5.96. The largest absolute Gasteiger partial charge is 0.476 e. The number of benzene rings is 1. The zero-order chi connectivity index (χ0) is 17.8. The molecule has 2 heterocycles. The summed E-state index contributed by atoms with van der Waals surface area (Å²) in [5.41, 5.74) is 0.489. The molecule has 1 saturated heterocycles. The molecule has 7 nitrogen and oxygen atoms in total. The highest BCUT2D eigenvalue weighted by molar-refractivity contribution is 6.30. The van der Waals surface area contributed by atoms with Gasteiger partial charge in [0.2, 0.25) is 0 Å². The first-order valence-corrected chi connectivity index (χ1v) is 8.27. The van der Waals surface area contributed by atoms with Crippen LogP contribution in [-0.2, 0) is 0 Å². The van der Waals surface area contributed by atoms with Gasteiger partial charge in [-0.1, -0.05) is 17.7 Å². The lowest BCUT2D eigenvalue weighted by atomic mass is 10.2. The monoisotopic (exact) mass is 360 g/mol. The maximum absolute atomic E-state index is 12.6. The second kappa shape index (κ2) is 7.48. The first kappa shape index (κ1) is 17.2. The first-order chi connectivity index (χ1) is 12.0. The Bertz CT molecular complexity index is 782. The van der Waals surface area contributed by atoms with E-state index in [0.29, 0.717) is 36.0 Å². The van der Waals surface area contributed by atoms with Gasteiger partial charge >= 0.3 is 5.97 Å². The maximum atomic E-state index is 12.6. The minimum Gasteiger partial charge on any atom is -0.476 e. The van der Waals surface area contributed by atoms with E-state index in [2.05, 4.69) is 9.97 Å². The highest BCUT2D eigenvalue weighted by Crippen LogP contribution is 2.16. The lowest BCUT2D eigenvalue weighted by molar-refractivity contribution is 0.0689. The Balaban J connectivity index is 1.67. The average molecular weight is 361 g/mol. The number of carbonyl (C=O) groups is 2. The third-order valence-electron chi connectivity index (χ3n) is 4.04. The number of anilines is 1. The summed E-state index contributed by atoms with van der Waals surface area (Å²) in [5, 5.41) is 9.42. The van der Waals surface area contributed by atoms with Gasteiger partial charge in [0.25, 0.3) is 5.91 Å². The van der Waals surface area contributed by atoms with Gasteiger partial charge in [0.1, 0.15) is 5.82 Å². The molecular formula is C17H17ClN4O3. The van der Waals surface area contributed by atoms with E-state index in [-0.39, 0.29) is 11.6 Å². The van der Waals surface area contributed by atoms with Gasteiger partial charge in [-0.2, -0.15) is 0 Å². The fraction of sp³-hybridized carbons (Fsp3) is 0.294.